The van der Waals surface area contributed by atoms with Gasteiger partial charge in [0.2, 0.25) is 0 Å². The van der Waals surface area contributed by atoms with Crippen LogP contribution in [0, 0.1) is 6.92 Å². The van der Waals surface area contributed by atoms with E-state index in [1.165, 1.54) is 5.56 Å². The average molecular weight is 344 g/mol. The molecule has 1 aliphatic rings. The molecule has 0 spiro atoms. The highest BCUT2D eigenvalue weighted by molar-refractivity contribution is 5.43. The van der Waals surface area contributed by atoms with Crippen LogP contribution in [0.15, 0.2) is 36.7 Å². The highest BCUT2D eigenvalue weighted by Crippen LogP contribution is 2.32. The molecule has 1 N–H and O–H groups in total. The highest BCUT2D eigenvalue weighted by atomic mass is 16.5. The maximum atomic E-state index is 8.36. The van der Waals surface area contributed by atoms with Crippen molar-refractivity contribution in [3.63, 3.8) is 0 Å². The number of benzene rings is 1. The summed E-state index contributed by atoms with van der Waals surface area (Å²) in [6, 6.07) is 10.6. The molecule has 0 amide bonds. The fourth-order valence-corrected chi connectivity index (χ4v) is 2.97. The molecule has 1 aliphatic heterocycles. The summed E-state index contributed by atoms with van der Waals surface area (Å²) < 4.78 is 5.54. The lowest BCUT2D eigenvalue weighted by molar-refractivity contribution is -0.122. The molecule has 2 aromatic rings. The van der Waals surface area contributed by atoms with Gasteiger partial charge in [-0.25, -0.2) is 9.97 Å². The predicted molar refractivity (Wildman–Crippen MR) is 96.0 cm³/mol. The first-order chi connectivity index (χ1) is 12.1. The van der Waals surface area contributed by atoms with Gasteiger partial charge < -0.3 is 14.7 Å². The van der Waals surface area contributed by atoms with Crippen molar-refractivity contribution in [2.75, 3.05) is 38.7 Å². The van der Waals surface area contributed by atoms with Gasteiger partial charge in [-0.3, -0.25) is 9.69 Å². The zero-order valence-corrected chi connectivity index (χ0v) is 14.8. The minimum absolute atomic E-state index is 0.250. The van der Waals surface area contributed by atoms with E-state index in [9.17, 15) is 0 Å². The monoisotopic (exact) mass is 344 g/mol. The maximum absolute atomic E-state index is 8.36. The van der Waals surface area contributed by atoms with Crippen LogP contribution < -0.4 is 9.64 Å². The molecule has 134 valence electrons. The number of likely N-dealkylation sites (N-methyl/N-ethyl adjacent to an activating group) is 1. The van der Waals surface area contributed by atoms with E-state index in [0.29, 0.717) is 6.04 Å². The largest absolute Gasteiger partial charge is 0.496 e. The van der Waals surface area contributed by atoms with Gasteiger partial charge in [0.25, 0.3) is 6.47 Å². The molecule has 25 heavy (non-hydrogen) atoms. The van der Waals surface area contributed by atoms with Gasteiger partial charge in [0, 0.05) is 37.0 Å². The van der Waals surface area contributed by atoms with Gasteiger partial charge in [0.1, 0.15) is 17.9 Å². The molecule has 1 aromatic carbocycles. The second kappa shape index (κ2) is 8.98. The Morgan fingerprint density at radius 1 is 1.28 bits per heavy atom. The van der Waals surface area contributed by atoms with Crippen molar-refractivity contribution in [3.8, 4) is 5.75 Å². The molecular formula is C18H24N4O3. The summed E-state index contributed by atoms with van der Waals surface area (Å²) in [6.45, 7) is 4.61. The second-order valence-electron chi connectivity index (χ2n) is 5.81. The topological polar surface area (TPSA) is 78.8 Å². The van der Waals surface area contributed by atoms with Crippen LogP contribution in [0.2, 0.25) is 0 Å². The smallest absolute Gasteiger partial charge is 0.290 e. The molecule has 0 aliphatic carbocycles. The molecule has 1 atom stereocenters. The van der Waals surface area contributed by atoms with E-state index in [4.69, 9.17) is 14.6 Å². The third kappa shape index (κ3) is 4.67. The van der Waals surface area contributed by atoms with Crippen LogP contribution in [0.1, 0.15) is 17.3 Å². The molecule has 1 saturated heterocycles. The van der Waals surface area contributed by atoms with Gasteiger partial charge in [-0.1, -0.05) is 18.2 Å². The van der Waals surface area contributed by atoms with E-state index in [1.807, 2.05) is 25.1 Å². The fraction of sp³-hybridized carbons (Fsp3) is 0.389. The zero-order chi connectivity index (χ0) is 18.2. The number of aromatic nitrogens is 2. The minimum Gasteiger partial charge on any atom is -0.496 e. The van der Waals surface area contributed by atoms with E-state index in [2.05, 4.69) is 38.9 Å². The summed E-state index contributed by atoms with van der Waals surface area (Å²) in [4.78, 5) is 21.7. The number of methoxy groups -OCH3 is 1. The van der Waals surface area contributed by atoms with Crippen molar-refractivity contribution in [1.82, 2.24) is 14.9 Å². The van der Waals surface area contributed by atoms with Crippen molar-refractivity contribution in [3.05, 3.63) is 47.9 Å². The lowest BCUT2D eigenvalue weighted by Gasteiger charge is -2.40. The number of rotatable bonds is 3. The Hall–Kier alpha value is -2.67. The number of hydrogen-bond donors (Lipinski definition) is 1. The first-order valence-electron chi connectivity index (χ1n) is 8.05. The molecule has 2 heterocycles. The van der Waals surface area contributed by atoms with Crippen LogP contribution in [-0.2, 0) is 4.79 Å². The van der Waals surface area contributed by atoms with E-state index in [-0.39, 0.29) is 6.47 Å². The first kappa shape index (κ1) is 18.7. The molecule has 0 radical (unpaired) electrons. The van der Waals surface area contributed by atoms with Crippen molar-refractivity contribution in [1.29, 1.82) is 0 Å². The number of hydrogen-bond acceptors (Lipinski definition) is 6. The van der Waals surface area contributed by atoms with Gasteiger partial charge in [-0.2, -0.15) is 0 Å². The molecule has 0 saturated carbocycles. The number of piperazine rings is 1. The Morgan fingerprint density at radius 2 is 2.00 bits per heavy atom. The van der Waals surface area contributed by atoms with Gasteiger partial charge in [0.15, 0.2) is 0 Å². The molecule has 1 aromatic heterocycles. The Balaban J connectivity index is 0.000000701. The van der Waals surface area contributed by atoms with E-state index in [1.54, 1.807) is 13.4 Å². The second-order valence-corrected chi connectivity index (χ2v) is 5.81. The number of aryl methyl sites for hydroxylation is 1. The molecular weight excluding hydrogens is 320 g/mol. The molecule has 0 bridgehead atoms. The van der Waals surface area contributed by atoms with Gasteiger partial charge >= 0.3 is 0 Å². The van der Waals surface area contributed by atoms with Crippen molar-refractivity contribution in [2.45, 2.75) is 13.0 Å². The summed E-state index contributed by atoms with van der Waals surface area (Å²) in [7, 11) is 3.90. The van der Waals surface area contributed by atoms with E-state index < -0.39 is 0 Å². The van der Waals surface area contributed by atoms with Crippen LogP contribution in [0.25, 0.3) is 0 Å². The summed E-state index contributed by atoms with van der Waals surface area (Å²) in [5.74, 6) is 1.94. The lowest BCUT2D eigenvalue weighted by Crippen LogP contribution is -2.47. The Labute approximate surface area is 147 Å². The summed E-state index contributed by atoms with van der Waals surface area (Å²) >= 11 is 0. The molecule has 7 nitrogen and oxygen atoms in total. The Morgan fingerprint density at radius 3 is 2.68 bits per heavy atom. The third-order valence-electron chi connectivity index (χ3n) is 4.26. The summed E-state index contributed by atoms with van der Waals surface area (Å²) in [6.07, 6.45) is 1.64. The first-order valence-corrected chi connectivity index (χ1v) is 8.05. The number of anilines is 1. The number of carboxylic acid groups (broad SMARTS) is 1. The Kier molecular flexibility index (Phi) is 6.71. The summed E-state index contributed by atoms with van der Waals surface area (Å²) in [5.41, 5.74) is 2.22. The number of para-hydroxylation sites is 1. The minimum atomic E-state index is -0.250. The molecule has 1 unspecified atom stereocenters. The molecule has 7 heteroatoms. The predicted octanol–water partition coefficient (Wildman–Crippen LogP) is 1.99. The van der Waals surface area contributed by atoms with Crippen LogP contribution in [0.4, 0.5) is 5.82 Å². The normalized spacial score (nSPS) is 17.4. The van der Waals surface area contributed by atoms with Crippen LogP contribution in [0.5, 0.6) is 5.75 Å². The van der Waals surface area contributed by atoms with Gasteiger partial charge in [-0.15, -0.1) is 0 Å². The van der Waals surface area contributed by atoms with Crippen LogP contribution >= 0.6 is 0 Å². The van der Waals surface area contributed by atoms with Crippen molar-refractivity contribution in [2.24, 2.45) is 0 Å². The Bertz CT molecular complexity index is 696. The third-order valence-corrected chi connectivity index (χ3v) is 4.26. The van der Waals surface area contributed by atoms with Crippen molar-refractivity contribution < 1.29 is 14.6 Å². The fourth-order valence-electron chi connectivity index (χ4n) is 2.97. The van der Waals surface area contributed by atoms with E-state index >= 15 is 0 Å². The standard InChI is InChI=1S/C17H22N4O.CH2O2/c1-13-10-17(19-12-18-13)21-9-8-20(2)15(11-21)14-6-4-5-7-16(14)22-3;2-1-3/h4-7,10,12,15H,8-9,11H2,1-3H3;1H,(H,2,3). The van der Waals surface area contributed by atoms with Gasteiger partial charge in [0.05, 0.1) is 13.2 Å². The van der Waals surface area contributed by atoms with Crippen molar-refractivity contribution >= 4 is 12.3 Å². The van der Waals surface area contributed by atoms with E-state index in [0.717, 1.165) is 36.9 Å². The lowest BCUT2D eigenvalue weighted by atomic mass is 10.0. The number of ether oxygens (including phenoxy) is 1. The quantitative estimate of drug-likeness (QED) is 0.853. The molecule has 1 fully saturated rings. The number of nitrogens with zero attached hydrogens (tertiary/aromatic N) is 4. The highest BCUT2D eigenvalue weighted by Gasteiger charge is 2.28. The number of carbonyl (C=O) groups is 1. The maximum Gasteiger partial charge on any atom is 0.290 e. The van der Waals surface area contributed by atoms with Crippen LogP contribution in [-0.4, -0.2) is 60.2 Å². The summed E-state index contributed by atoms with van der Waals surface area (Å²) in [5, 5.41) is 6.89. The average Bonchev–Trinajstić information content (AvgIpc) is 2.63. The molecule has 3 rings (SSSR count). The van der Waals surface area contributed by atoms with Crippen LogP contribution in [0.3, 0.4) is 0 Å². The van der Waals surface area contributed by atoms with Gasteiger partial charge in [-0.05, 0) is 20.0 Å². The SMILES string of the molecule is COc1ccccc1C1CN(c2cc(C)ncn2)CCN1C.O=CO. The zero-order valence-electron chi connectivity index (χ0n) is 14.8.